The molecule has 0 heterocycles. The van der Waals surface area contributed by atoms with E-state index in [9.17, 15) is 4.79 Å². The van der Waals surface area contributed by atoms with E-state index in [4.69, 9.17) is 16.3 Å². The highest BCUT2D eigenvalue weighted by atomic mass is 35.5. The topological polar surface area (TPSA) is 50.7 Å². The lowest BCUT2D eigenvalue weighted by Crippen LogP contribution is -2.17. The van der Waals surface area contributed by atoms with E-state index in [1.54, 1.807) is 37.4 Å². The van der Waals surface area contributed by atoms with Crippen molar-refractivity contribution in [2.45, 2.75) is 0 Å². The maximum Gasteiger partial charge on any atom is 0.271 e. The van der Waals surface area contributed by atoms with Gasteiger partial charge in [0.2, 0.25) is 0 Å². The molecule has 0 fully saturated rings. The molecule has 0 aliphatic carbocycles. The molecule has 0 atom stereocenters. The molecule has 0 aliphatic heterocycles. The Morgan fingerprint density at radius 3 is 2.80 bits per heavy atom. The van der Waals surface area contributed by atoms with Crippen LogP contribution in [0.4, 0.5) is 0 Å². The van der Waals surface area contributed by atoms with Gasteiger partial charge in [-0.05, 0) is 24.3 Å². The maximum atomic E-state index is 11.9. The van der Waals surface area contributed by atoms with Crippen molar-refractivity contribution in [3.63, 3.8) is 0 Å². The van der Waals surface area contributed by atoms with Crippen molar-refractivity contribution in [3.8, 4) is 5.75 Å². The minimum absolute atomic E-state index is 0.313. The third kappa shape index (κ3) is 3.59. The second kappa shape index (κ2) is 6.73. The van der Waals surface area contributed by atoms with Crippen molar-refractivity contribution in [1.29, 1.82) is 0 Å². The number of halogens is 1. The number of methoxy groups -OCH3 is 1. The molecule has 1 amide bonds. The number of nitrogens with zero attached hydrogens (tertiary/aromatic N) is 1. The van der Waals surface area contributed by atoms with Crippen LogP contribution in [0.3, 0.4) is 0 Å². The van der Waals surface area contributed by atoms with Crippen LogP contribution in [0.1, 0.15) is 15.9 Å². The van der Waals surface area contributed by atoms with Gasteiger partial charge in [0.1, 0.15) is 5.75 Å². The van der Waals surface area contributed by atoms with Crippen molar-refractivity contribution in [2.24, 2.45) is 5.10 Å². The van der Waals surface area contributed by atoms with Crippen molar-refractivity contribution < 1.29 is 9.53 Å². The van der Waals surface area contributed by atoms with Crippen molar-refractivity contribution in [2.75, 3.05) is 7.11 Å². The Morgan fingerprint density at radius 2 is 2.05 bits per heavy atom. The Hall–Kier alpha value is -2.33. The number of ether oxygens (including phenoxy) is 1. The standard InChI is InChI=1S/C15H13ClN2O2/c1-20-13-7-4-6-11(9-13)15(19)18-17-10-12-5-2-3-8-14(12)16/h2-10H,1H3,(H,18,19)/b17-10+. The Kier molecular flexibility index (Phi) is 4.74. The van der Waals surface area contributed by atoms with Gasteiger partial charge in [-0.25, -0.2) is 5.43 Å². The van der Waals surface area contributed by atoms with Crippen LogP contribution in [0, 0.1) is 0 Å². The molecule has 0 saturated heterocycles. The highest BCUT2D eigenvalue weighted by Gasteiger charge is 2.05. The second-order valence-electron chi connectivity index (χ2n) is 3.95. The van der Waals surface area contributed by atoms with E-state index in [1.807, 2.05) is 18.2 Å². The van der Waals surface area contributed by atoms with E-state index in [1.165, 1.54) is 6.21 Å². The number of rotatable bonds is 4. The van der Waals surface area contributed by atoms with Crippen LogP contribution in [0.15, 0.2) is 53.6 Å². The van der Waals surface area contributed by atoms with Crippen molar-refractivity contribution in [1.82, 2.24) is 5.43 Å². The van der Waals surface area contributed by atoms with Crippen LogP contribution in [0.5, 0.6) is 5.75 Å². The van der Waals surface area contributed by atoms with Crippen LogP contribution >= 0.6 is 11.6 Å². The molecule has 0 bridgehead atoms. The molecular weight excluding hydrogens is 276 g/mol. The zero-order chi connectivity index (χ0) is 14.4. The largest absolute Gasteiger partial charge is 0.497 e. The molecule has 0 saturated carbocycles. The molecule has 0 spiro atoms. The molecule has 4 nitrogen and oxygen atoms in total. The Bertz CT molecular complexity index is 641. The molecule has 20 heavy (non-hydrogen) atoms. The van der Waals surface area contributed by atoms with Crippen LogP contribution in [-0.4, -0.2) is 19.2 Å². The van der Waals surface area contributed by atoms with E-state index in [0.29, 0.717) is 16.3 Å². The molecule has 5 heteroatoms. The fraction of sp³-hybridized carbons (Fsp3) is 0.0667. The summed E-state index contributed by atoms with van der Waals surface area (Å²) in [5.41, 5.74) is 3.65. The minimum Gasteiger partial charge on any atom is -0.497 e. The SMILES string of the molecule is COc1cccc(C(=O)N/N=C/c2ccccc2Cl)c1. The maximum absolute atomic E-state index is 11.9. The first kappa shape index (κ1) is 14.1. The third-order valence-electron chi connectivity index (χ3n) is 2.61. The highest BCUT2D eigenvalue weighted by molar-refractivity contribution is 6.33. The summed E-state index contributed by atoms with van der Waals surface area (Å²) in [4.78, 5) is 11.9. The number of carbonyl (C=O) groups excluding carboxylic acids is 1. The lowest BCUT2D eigenvalue weighted by atomic mass is 10.2. The van der Waals surface area contributed by atoms with E-state index < -0.39 is 0 Å². The Labute approximate surface area is 122 Å². The molecule has 2 aromatic rings. The molecule has 0 unspecified atom stereocenters. The predicted molar refractivity (Wildman–Crippen MR) is 79.5 cm³/mol. The average Bonchev–Trinajstić information content (AvgIpc) is 2.49. The molecule has 0 aliphatic rings. The summed E-state index contributed by atoms with van der Waals surface area (Å²) >= 11 is 5.98. The number of hydrazone groups is 1. The van der Waals surface area contributed by atoms with E-state index in [2.05, 4.69) is 10.5 Å². The summed E-state index contributed by atoms with van der Waals surface area (Å²) in [7, 11) is 1.55. The monoisotopic (exact) mass is 288 g/mol. The summed E-state index contributed by atoms with van der Waals surface area (Å²) in [5, 5.41) is 4.46. The Balaban J connectivity index is 2.03. The van der Waals surface area contributed by atoms with Gasteiger partial charge in [-0.2, -0.15) is 5.10 Å². The van der Waals surface area contributed by atoms with Gasteiger partial charge < -0.3 is 4.74 Å². The van der Waals surface area contributed by atoms with Gasteiger partial charge in [-0.1, -0.05) is 35.9 Å². The van der Waals surface area contributed by atoms with Crippen LogP contribution in [0.2, 0.25) is 5.02 Å². The molecule has 2 aromatic carbocycles. The van der Waals surface area contributed by atoms with Gasteiger partial charge in [0.25, 0.3) is 5.91 Å². The first-order valence-corrected chi connectivity index (χ1v) is 6.30. The molecule has 0 aromatic heterocycles. The zero-order valence-electron chi connectivity index (χ0n) is 10.8. The minimum atomic E-state index is -0.313. The number of carbonyl (C=O) groups is 1. The molecule has 102 valence electrons. The van der Waals surface area contributed by atoms with Crippen molar-refractivity contribution in [3.05, 3.63) is 64.7 Å². The Morgan fingerprint density at radius 1 is 1.25 bits per heavy atom. The lowest BCUT2D eigenvalue weighted by Gasteiger charge is -2.03. The average molecular weight is 289 g/mol. The number of benzene rings is 2. The lowest BCUT2D eigenvalue weighted by molar-refractivity contribution is 0.0955. The third-order valence-corrected chi connectivity index (χ3v) is 2.95. The van der Waals surface area contributed by atoms with E-state index >= 15 is 0 Å². The smallest absolute Gasteiger partial charge is 0.271 e. The van der Waals surface area contributed by atoms with Crippen molar-refractivity contribution >= 4 is 23.7 Å². The fourth-order valence-corrected chi connectivity index (χ4v) is 1.75. The number of nitrogens with one attached hydrogen (secondary N) is 1. The zero-order valence-corrected chi connectivity index (χ0v) is 11.6. The van der Waals surface area contributed by atoms with Crippen LogP contribution in [-0.2, 0) is 0 Å². The summed E-state index contributed by atoms with van der Waals surface area (Å²) < 4.78 is 5.06. The van der Waals surface area contributed by atoms with E-state index in [0.717, 1.165) is 5.56 Å². The molecule has 2 rings (SSSR count). The summed E-state index contributed by atoms with van der Waals surface area (Å²) in [6, 6.07) is 14.1. The number of amides is 1. The summed E-state index contributed by atoms with van der Waals surface area (Å²) in [6.45, 7) is 0. The normalized spacial score (nSPS) is 10.5. The fourth-order valence-electron chi connectivity index (χ4n) is 1.57. The van der Waals surface area contributed by atoms with Gasteiger partial charge >= 0.3 is 0 Å². The number of hydrogen-bond donors (Lipinski definition) is 1. The summed E-state index contributed by atoms with van der Waals surface area (Å²) in [5.74, 6) is 0.305. The quantitative estimate of drug-likeness (QED) is 0.694. The first-order valence-electron chi connectivity index (χ1n) is 5.92. The van der Waals surface area contributed by atoms with E-state index in [-0.39, 0.29) is 5.91 Å². The van der Waals surface area contributed by atoms with Gasteiger partial charge in [0, 0.05) is 16.1 Å². The summed E-state index contributed by atoms with van der Waals surface area (Å²) in [6.07, 6.45) is 1.50. The van der Waals surface area contributed by atoms with Crippen LogP contribution in [0.25, 0.3) is 0 Å². The second-order valence-corrected chi connectivity index (χ2v) is 4.36. The molecular formula is C15H13ClN2O2. The molecule has 1 N–H and O–H groups in total. The van der Waals surface area contributed by atoms with Gasteiger partial charge in [-0.15, -0.1) is 0 Å². The van der Waals surface area contributed by atoms with Crippen LogP contribution < -0.4 is 10.2 Å². The molecule has 0 radical (unpaired) electrons. The number of hydrogen-bond acceptors (Lipinski definition) is 3. The highest BCUT2D eigenvalue weighted by Crippen LogP contribution is 2.13. The van der Waals surface area contributed by atoms with Gasteiger partial charge in [0.05, 0.1) is 13.3 Å². The van der Waals surface area contributed by atoms with Gasteiger partial charge in [0.15, 0.2) is 0 Å². The van der Waals surface area contributed by atoms with Gasteiger partial charge in [-0.3, -0.25) is 4.79 Å². The first-order chi connectivity index (χ1) is 9.70. The predicted octanol–water partition coefficient (Wildman–Crippen LogP) is 3.11.